The summed E-state index contributed by atoms with van der Waals surface area (Å²) in [5, 5.41) is 17.0. The van der Waals surface area contributed by atoms with Gasteiger partial charge in [-0.1, -0.05) is 77.0 Å². The first kappa shape index (κ1) is 23.2. The van der Waals surface area contributed by atoms with Gasteiger partial charge in [-0.3, -0.25) is 4.79 Å². The zero-order valence-corrected chi connectivity index (χ0v) is 20.1. The van der Waals surface area contributed by atoms with Gasteiger partial charge in [0, 0.05) is 23.4 Å². The summed E-state index contributed by atoms with van der Waals surface area (Å²) in [5.74, 6) is 0.0134. The fraction of sp³-hybridized carbons (Fsp3) is 0.160. The van der Waals surface area contributed by atoms with E-state index < -0.39 is 0 Å². The van der Waals surface area contributed by atoms with Crippen molar-refractivity contribution in [3.05, 3.63) is 88.4 Å². The number of benzene rings is 3. The number of halogens is 2. The molecule has 4 rings (SSSR count). The van der Waals surface area contributed by atoms with E-state index in [0.29, 0.717) is 21.6 Å². The summed E-state index contributed by atoms with van der Waals surface area (Å²) in [5.41, 5.74) is 3.71. The van der Waals surface area contributed by atoms with E-state index in [9.17, 15) is 4.79 Å². The largest absolute Gasteiger partial charge is 0.330 e. The van der Waals surface area contributed by atoms with Crippen LogP contribution in [0.2, 0.25) is 10.0 Å². The highest BCUT2D eigenvalue weighted by Crippen LogP contribution is 2.31. The van der Waals surface area contributed by atoms with Gasteiger partial charge in [0.25, 0.3) is 0 Å². The third kappa shape index (κ3) is 6.78. The number of amides is 1. The standard InChI is InChI=1S/C25H22Cl2N4OS/c26-21-14-13-20(16-22(21)27)29-25-31-30-24(33-25)18-10-6-11-19(15-18)28-23(32)12-5-4-9-17-7-2-1-3-8-17/h1-3,6-8,10-11,13-16H,4-5,9,12H2,(H,28,32)(H,29,31). The van der Waals surface area contributed by atoms with Crippen molar-refractivity contribution in [2.45, 2.75) is 25.7 Å². The van der Waals surface area contributed by atoms with Crippen molar-refractivity contribution < 1.29 is 4.79 Å². The highest BCUT2D eigenvalue weighted by atomic mass is 35.5. The van der Waals surface area contributed by atoms with Crippen molar-refractivity contribution in [3.63, 3.8) is 0 Å². The first-order chi connectivity index (χ1) is 16.1. The van der Waals surface area contributed by atoms with Crippen LogP contribution in [0.25, 0.3) is 10.6 Å². The predicted molar refractivity (Wildman–Crippen MR) is 138 cm³/mol. The Morgan fingerprint density at radius 3 is 2.52 bits per heavy atom. The van der Waals surface area contributed by atoms with Gasteiger partial charge in [0.1, 0.15) is 5.01 Å². The number of nitrogens with one attached hydrogen (secondary N) is 2. The van der Waals surface area contributed by atoms with E-state index in [1.807, 2.05) is 48.5 Å². The molecule has 5 nitrogen and oxygen atoms in total. The number of nitrogens with zero attached hydrogens (tertiary/aromatic N) is 2. The number of rotatable bonds is 9. The van der Waals surface area contributed by atoms with Gasteiger partial charge in [-0.25, -0.2) is 0 Å². The van der Waals surface area contributed by atoms with Gasteiger partial charge in [0.05, 0.1) is 10.0 Å². The minimum atomic E-state index is 0.0134. The molecule has 0 unspecified atom stereocenters. The molecule has 0 bridgehead atoms. The third-order valence-corrected chi connectivity index (χ3v) is 6.58. The molecule has 0 saturated heterocycles. The molecule has 0 aliphatic carbocycles. The monoisotopic (exact) mass is 496 g/mol. The summed E-state index contributed by atoms with van der Waals surface area (Å²) < 4.78 is 0. The van der Waals surface area contributed by atoms with Crippen LogP contribution in [0.15, 0.2) is 72.8 Å². The van der Waals surface area contributed by atoms with E-state index in [-0.39, 0.29) is 5.91 Å². The summed E-state index contributed by atoms with van der Waals surface area (Å²) in [6.07, 6.45) is 3.31. The van der Waals surface area contributed by atoms with Crippen molar-refractivity contribution in [1.29, 1.82) is 0 Å². The molecule has 0 aliphatic rings. The number of aromatic nitrogens is 2. The Morgan fingerprint density at radius 1 is 0.848 bits per heavy atom. The molecule has 4 aromatic rings. The SMILES string of the molecule is O=C(CCCCc1ccccc1)Nc1cccc(-c2nnc(Nc3ccc(Cl)c(Cl)c3)s2)c1. The van der Waals surface area contributed by atoms with Crippen LogP contribution < -0.4 is 10.6 Å². The topological polar surface area (TPSA) is 66.9 Å². The van der Waals surface area contributed by atoms with Crippen LogP contribution in [0.3, 0.4) is 0 Å². The number of carbonyl (C=O) groups is 1. The Kier molecular flexibility index (Phi) is 7.94. The maximum atomic E-state index is 12.4. The molecule has 2 N–H and O–H groups in total. The Hall–Kier alpha value is -2.93. The quantitative estimate of drug-likeness (QED) is 0.234. The van der Waals surface area contributed by atoms with Crippen LogP contribution in [0.5, 0.6) is 0 Å². The molecule has 0 aliphatic heterocycles. The summed E-state index contributed by atoms with van der Waals surface area (Å²) in [7, 11) is 0. The highest BCUT2D eigenvalue weighted by Gasteiger charge is 2.10. The van der Waals surface area contributed by atoms with Gasteiger partial charge in [-0.05, 0) is 55.2 Å². The molecule has 0 atom stereocenters. The second kappa shape index (κ2) is 11.3. The molecule has 0 spiro atoms. The normalized spacial score (nSPS) is 10.7. The van der Waals surface area contributed by atoms with E-state index in [0.717, 1.165) is 41.2 Å². The van der Waals surface area contributed by atoms with Crippen LogP contribution in [0.4, 0.5) is 16.5 Å². The van der Waals surface area contributed by atoms with Crippen LogP contribution >= 0.6 is 34.5 Å². The van der Waals surface area contributed by atoms with Gasteiger partial charge in [-0.2, -0.15) is 0 Å². The molecule has 3 aromatic carbocycles. The number of aryl methyl sites for hydroxylation is 1. The van der Waals surface area contributed by atoms with E-state index in [4.69, 9.17) is 23.2 Å². The number of hydrogen-bond donors (Lipinski definition) is 2. The lowest BCUT2D eigenvalue weighted by molar-refractivity contribution is -0.116. The number of hydrogen-bond acceptors (Lipinski definition) is 5. The van der Waals surface area contributed by atoms with Crippen LogP contribution in [0, 0.1) is 0 Å². The number of unbranched alkanes of at least 4 members (excludes halogenated alkanes) is 1. The van der Waals surface area contributed by atoms with Gasteiger partial charge in [0.15, 0.2) is 0 Å². The maximum Gasteiger partial charge on any atom is 0.224 e. The Bertz CT molecular complexity index is 1230. The average molecular weight is 497 g/mol. The van der Waals surface area contributed by atoms with Crippen molar-refractivity contribution in [2.24, 2.45) is 0 Å². The van der Waals surface area contributed by atoms with E-state index in [1.54, 1.807) is 12.1 Å². The van der Waals surface area contributed by atoms with Crippen LogP contribution in [-0.2, 0) is 11.2 Å². The summed E-state index contributed by atoms with van der Waals surface area (Å²) >= 11 is 13.4. The van der Waals surface area contributed by atoms with E-state index in [1.165, 1.54) is 16.9 Å². The zero-order chi connectivity index (χ0) is 23.0. The molecule has 0 saturated carbocycles. The Labute approximate surface area is 206 Å². The highest BCUT2D eigenvalue weighted by molar-refractivity contribution is 7.18. The molecular weight excluding hydrogens is 475 g/mol. The molecule has 0 radical (unpaired) electrons. The second-order valence-corrected chi connectivity index (χ2v) is 9.28. The minimum Gasteiger partial charge on any atom is -0.330 e. The van der Waals surface area contributed by atoms with Crippen molar-refractivity contribution in [3.8, 4) is 10.6 Å². The Morgan fingerprint density at radius 2 is 1.70 bits per heavy atom. The smallest absolute Gasteiger partial charge is 0.224 e. The summed E-state index contributed by atoms with van der Waals surface area (Å²) in [4.78, 5) is 12.4. The predicted octanol–water partition coefficient (Wildman–Crippen LogP) is 7.61. The fourth-order valence-electron chi connectivity index (χ4n) is 3.30. The average Bonchev–Trinajstić information content (AvgIpc) is 3.29. The molecule has 1 heterocycles. The minimum absolute atomic E-state index is 0.0134. The molecule has 0 fully saturated rings. The van der Waals surface area contributed by atoms with E-state index >= 15 is 0 Å². The van der Waals surface area contributed by atoms with E-state index in [2.05, 4.69) is 33.0 Å². The first-order valence-electron chi connectivity index (χ1n) is 10.6. The Balaban J connectivity index is 1.31. The van der Waals surface area contributed by atoms with Gasteiger partial charge in [-0.15, -0.1) is 10.2 Å². The van der Waals surface area contributed by atoms with Crippen molar-refractivity contribution >= 4 is 57.0 Å². The number of carbonyl (C=O) groups excluding carboxylic acids is 1. The molecule has 8 heteroatoms. The summed E-state index contributed by atoms with van der Waals surface area (Å²) in [6.45, 7) is 0. The van der Waals surface area contributed by atoms with Gasteiger partial charge >= 0.3 is 0 Å². The lowest BCUT2D eigenvalue weighted by Crippen LogP contribution is -2.11. The molecule has 1 amide bonds. The molecule has 1 aromatic heterocycles. The van der Waals surface area contributed by atoms with Crippen molar-refractivity contribution in [2.75, 3.05) is 10.6 Å². The first-order valence-corrected chi connectivity index (χ1v) is 12.1. The molecular formula is C25H22Cl2N4OS. The van der Waals surface area contributed by atoms with Crippen LogP contribution in [0.1, 0.15) is 24.8 Å². The van der Waals surface area contributed by atoms with Gasteiger partial charge in [0.2, 0.25) is 11.0 Å². The zero-order valence-electron chi connectivity index (χ0n) is 17.7. The molecule has 33 heavy (non-hydrogen) atoms. The van der Waals surface area contributed by atoms with Crippen LogP contribution in [-0.4, -0.2) is 16.1 Å². The second-order valence-electron chi connectivity index (χ2n) is 7.49. The molecule has 168 valence electrons. The fourth-order valence-corrected chi connectivity index (χ4v) is 4.36. The number of anilines is 3. The van der Waals surface area contributed by atoms with Gasteiger partial charge < -0.3 is 10.6 Å². The lowest BCUT2D eigenvalue weighted by atomic mass is 10.1. The van der Waals surface area contributed by atoms with Crippen molar-refractivity contribution in [1.82, 2.24) is 10.2 Å². The lowest BCUT2D eigenvalue weighted by Gasteiger charge is -2.07. The summed E-state index contributed by atoms with van der Waals surface area (Å²) in [6, 6.07) is 23.2. The third-order valence-electron chi connectivity index (χ3n) is 4.95. The maximum absolute atomic E-state index is 12.4.